The quantitative estimate of drug-likeness (QED) is 0.294. The van der Waals surface area contributed by atoms with Crippen LogP contribution in [0.3, 0.4) is 0 Å². The largest absolute Gasteiger partial charge is 0.493 e. The van der Waals surface area contributed by atoms with Gasteiger partial charge in [-0.1, -0.05) is 17.4 Å². The fraction of sp³-hybridized carbons (Fsp3) is 0.367. The Labute approximate surface area is 250 Å². The van der Waals surface area contributed by atoms with Crippen molar-refractivity contribution < 1.29 is 28.5 Å². The molecule has 0 aliphatic carbocycles. The van der Waals surface area contributed by atoms with Crippen LogP contribution in [-0.4, -0.2) is 44.1 Å². The monoisotopic (exact) mass is 644 g/mol. The van der Waals surface area contributed by atoms with Gasteiger partial charge in [-0.3, -0.25) is 9.36 Å². The lowest BCUT2D eigenvalue weighted by Crippen LogP contribution is -2.40. The summed E-state index contributed by atoms with van der Waals surface area (Å²) in [5.74, 6) is 1.64. The predicted octanol–water partition coefficient (Wildman–Crippen LogP) is 4.76. The Kier molecular flexibility index (Phi) is 9.60. The van der Waals surface area contributed by atoms with E-state index in [0.717, 1.165) is 5.56 Å². The smallest absolute Gasteiger partial charge is 0.338 e. The summed E-state index contributed by atoms with van der Waals surface area (Å²) in [4.78, 5) is 32.4. The Bertz CT molecular complexity index is 1670. The number of aromatic nitrogens is 1. The summed E-state index contributed by atoms with van der Waals surface area (Å²) in [6.07, 6.45) is 1.71. The number of esters is 1. The van der Waals surface area contributed by atoms with E-state index in [1.165, 1.54) is 15.9 Å². The van der Waals surface area contributed by atoms with Gasteiger partial charge in [0.2, 0.25) is 0 Å². The first kappa shape index (κ1) is 30.4. The second-order valence-electron chi connectivity index (χ2n) is 9.35. The fourth-order valence-electron chi connectivity index (χ4n) is 4.60. The van der Waals surface area contributed by atoms with Crippen LogP contribution in [0.15, 0.2) is 55.9 Å². The van der Waals surface area contributed by atoms with Crippen molar-refractivity contribution in [1.82, 2.24) is 4.57 Å². The number of allylic oxidation sites excluding steroid dienone is 1. The van der Waals surface area contributed by atoms with Crippen molar-refractivity contribution in [3.05, 3.63) is 76.9 Å². The lowest BCUT2D eigenvalue weighted by molar-refractivity contribution is -0.139. The fourth-order valence-corrected chi connectivity index (χ4v) is 6.26. The van der Waals surface area contributed by atoms with Crippen LogP contribution in [0.25, 0.3) is 6.08 Å². The molecule has 2 heterocycles. The molecule has 1 atom stereocenters. The van der Waals surface area contributed by atoms with Crippen molar-refractivity contribution in [2.45, 2.75) is 46.8 Å². The minimum atomic E-state index is -0.781. The standard InChI is InChI=1S/C30H33BrN2O7S/c1-8-38-23-13-18(12-20(31)27(23)37-7)14-24-28(34)33-26(19-10-11-21(40-16(3)4)22(15-19)36-6)25(29(35)39-9-2)17(5)32-30(33)41-24/h10-16,26H,8-9H2,1-7H3/b24-14+/t26-/m0/s1. The highest BCUT2D eigenvalue weighted by molar-refractivity contribution is 9.10. The summed E-state index contributed by atoms with van der Waals surface area (Å²) >= 11 is 4.78. The number of ether oxygens (including phenoxy) is 5. The Morgan fingerprint density at radius 2 is 1.85 bits per heavy atom. The first-order chi connectivity index (χ1) is 19.6. The molecular weight excluding hydrogens is 612 g/mol. The van der Waals surface area contributed by atoms with Gasteiger partial charge in [0.25, 0.3) is 5.56 Å². The highest BCUT2D eigenvalue weighted by atomic mass is 79.9. The van der Waals surface area contributed by atoms with Gasteiger partial charge in [-0.2, -0.15) is 0 Å². The Balaban J connectivity index is 1.94. The van der Waals surface area contributed by atoms with Gasteiger partial charge < -0.3 is 23.7 Å². The van der Waals surface area contributed by atoms with Crippen LogP contribution in [0.1, 0.15) is 51.8 Å². The highest BCUT2D eigenvalue weighted by Gasteiger charge is 2.34. The molecule has 1 aromatic heterocycles. The van der Waals surface area contributed by atoms with Crippen molar-refractivity contribution >= 4 is 39.3 Å². The number of carbonyl (C=O) groups excluding carboxylic acids is 1. The number of thiazole rings is 1. The van der Waals surface area contributed by atoms with Crippen LogP contribution in [0.2, 0.25) is 0 Å². The molecule has 0 amide bonds. The first-order valence-electron chi connectivity index (χ1n) is 13.2. The molecule has 41 heavy (non-hydrogen) atoms. The van der Waals surface area contributed by atoms with Crippen LogP contribution in [0.4, 0.5) is 0 Å². The third-order valence-corrected chi connectivity index (χ3v) is 7.79. The highest BCUT2D eigenvalue weighted by Crippen LogP contribution is 2.38. The van der Waals surface area contributed by atoms with E-state index in [9.17, 15) is 9.59 Å². The molecule has 218 valence electrons. The number of methoxy groups -OCH3 is 2. The number of halogens is 1. The van der Waals surface area contributed by atoms with Gasteiger partial charge in [0, 0.05) is 0 Å². The average Bonchev–Trinajstić information content (AvgIpc) is 3.22. The molecule has 0 N–H and O–H groups in total. The third kappa shape index (κ3) is 6.20. The van der Waals surface area contributed by atoms with Crippen LogP contribution < -0.4 is 33.8 Å². The number of fused-ring (bicyclic) bond motifs is 1. The van der Waals surface area contributed by atoms with E-state index in [1.807, 2.05) is 39.0 Å². The second kappa shape index (κ2) is 12.9. The van der Waals surface area contributed by atoms with Gasteiger partial charge >= 0.3 is 5.97 Å². The summed E-state index contributed by atoms with van der Waals surface area (Å²) < 4.78 is 30.8. The molecule has 9 nitrogen and oxygen atoms in total. The van der Waals surface area contributed by atoms with Crippen LogP contribution in [0, 0.1) is 0 Å². The topological polar surface area (TPSA) is 97.6 Å². The third-order valence-electron chi connectivity index (χ3n) is 6.22. The molecule has 0 saturated heterocycles. The van der Waals surface area contributed by atoms with E-state index < -0.39 is 12.0 Å². The lowest BCUT2D eigenvalue weighted by Gasteiger charge is -2.25. The second-order valence-corrected chi connectivity index (χ2v) is 11.2. The molecule has 1 aliphatic rings. The molecule has 11 heteroatoms. The van der Waals surface area contributed by atoms with Crippen molar-refractivity contribution in [3.63, 3.8) is 0 Å². The molecule has 0 bridgehead atoms. The Hall–Kier alpha value is -3.57. The number of hydrogen-bond donors (Lipinski definition) is 0. The van der Waals surface area contributed by atoms with Crippen molar-refractivity contribution in [3.8, 4) is 23.0 Å². The number of hydrogen-bond acceptors (Lipinski definition) is 9. The van der Waals surface area contributed by atoms with Crippen LogP contribution >= 0.6 is 27.3 Å². The predicted molar refractivity (Wildman–Crippen MR) is 161 cm³/mol. The molecule has 0 unspecified atom stereocenters. The molecule has 4 rings (SSSR count). The summed E-state index contributed by atoms with van der Waals surface area (Å²) in [6, 6.07) is 8.28. The van der Waals surface area contributed by atoms with Gasteiger partial charge in [-0.05, 0) is 92.0 Å². The Morgan fingerprint density at radius 3 is 2.49 bits per heavy atom. The number of nitrogens with zero attached hydrogens (tertiary/aromatic N) is 2. The maximum Gasteiger partial charge on any atom is 0.338 e. The van der Waals surface area contributed by atoms with Crippen molar-refractivity contribution in [2.24, 2.45) is 4.99 Å². The van der Waals surface area contributed by atoms with E-state index in [-0.39, 0.29) is 23.8 Å². The van der Waals surface area contributed by atoms with E-state index >= 15 is 0 Å². The average molecular weight is 646 g/mol. The van der Waals surface area contributed by atoms with Gasteiger partial charge in [0.1, 0.15) is 0 Å². The van der Waals surface area contributed by atoms with Gasteiger partial charge in [-0.25, -0.2) is 9.79 Å². The Morgan fingerprint density at radius 1 is 1.10 bits per heavy atom. The van der Waals surface area contributed by atoms with Crippen molar-refractivity contribution in [2.75, 3.05) is 27.4 Å². The molecular formula is C30H33BrN2O7S. The zero-order valence-corrected chi connectivity index (χ0v) is 26.5. The van der Waals surface area contributed by atoms with Crippen LogP contribution in [-0.2, 0) is 9.53 Å². The number of rotatable bonds is 10. The summed E-state index contributed by atoms with van der Waals surface area (Å²) in [5.41, 5.74) is 1.87. The number of benzene rings is 2. The molecule has 0 spiro atoms. The van der Waals surface area contributed by atoms with Gasteiger partial charge in [-0.15, -0.1) is 0 Å². The maximum absolute atomic E-state index is 14.0. The number of carbonyl (C=O) groups is 1. The zero-order valence-electron chi connectivity index (χ0n) is 24.1. The van der Waals surface area contributed by atoms with Crippen LogP contribution in [0.5, 0.6) is 23.0 Å². The minimum absolute atomic E-state index is 0.0640. The molecule has 3 aromatic rings. The summed E-state index contributed by atoms with van der Waals surface area (Å²) in [7, 11) is 3.12. The van der Waals surface area contributed by atoms with E-state index in [1.54, 1.807) is 46.3 Å². The molecule has 0 fully saturated rings. The minimum Gasteiger partial charge on any atom is -0.493 e. The molecule has 2 aromatic carbocycles. The van der Waals surface area contributed by atoms with Gasteiger partial charge in [0.05, 0.1) is 59.9 Å². The zero-order chi connectivity index (χ0) is 29.8. The summed E-state index contributed by atoms with van der Waals surface area (Å²) in [5, 5.41) is 0. The molecule has 0 radical (unpaired) electrons. The van der Waals surface area contributed by atoms with E-state index in [2.05, 4.69) is 20.9 Å². The molecule has 1 aliphatic heterocycles. The van der Waals surface area contributed by atoms with E-state index in [0.29, 0.717) is 54.7 Å². The maximum atomic E-state index is 14.0. The van der Waals surface area contributed by atoms with Crippen molar-refractivity contribution in [1.29, 1.82) is 0 Å². The first-order valence-corrected chi connectivity index (χ1v) is 14.8. The SMILES string of the molecule is CCOC(=O)C1=C(C)N=c2s/c(=C/c3cc(Br)c(OC)c(OCC)c3)c(=O)n2[C@H]1c1ccc(OC(C)C)c(OC)c1. The lowest BCUT2D eigenvalue weighted by atomic mass is 9.95. The van der Waals surface area contributed by atoms with E-state index in [4.69, 9.17) is 23.7 Å². The summed E-state index contributed by atoms with van der Waals surface area (Å²) in [6.45, 7) is 9.86. The normalized spacial score (nSPS) is 15.0. The van der Waals surface area contributed by atoms with Gasteiger partial charge in [0.15, 0.2) is 27.8 Å². The molecule has 0 saturated carbocycles.